The molecule has 0 aliphatic rings. The molecule has 0 unspecified atom stereocenters. The van der Waals surface area contributed by atoms with Gasteiger partial charge >= 0.3 is 5.97 Å². The maximum absolute atomic E-state index is 11.7. The molecule has 8 heteroatoms. The van der Waals surface area contributed by atoms with Gasteiger partial charge in [-0.3, -0.25) is 30.0 Å². The van der Waals surface area contributed by atoms with Gasteiger partial charge in [0.15, 0.2) is 6.61 Å². The Morgan fingerprint density at radius 2 is 1.41 bits per heavy atom. The van der Waals surface area contributed by atoms with Gasteiger partial charge in [-0.15, -0.1) is 0 Å². The van der Waals surface area contributed by atoms with Crippen LogP contribution in [-0.4, -0.2) is 36.8 Å². The fourth-order valence-corrected chi connectivity index (χ4v) is 2.04. The largest absolute Gasteiger partial charge is 0.454 e. The van der Waals surface area contributed by atoms with Gasteiger partial charge in [0, 0.05) is 5.56 Å². The minimum absolute atomic E-state index is 0.139. The van der Waals surface area contributed by atoms with Gasteiger partial charge in [-0.2, -0.15) is 0 Å². The van der Waals surface area contributed by atoms with E-state index in [0.29, 0.717) is 5.56 Å². The molecule has 0 aliphatic heterocycles. The molecule has 0 bridgehead atoms. The molecular formula is C19H19N3O5. The summed E-state index contributed by atoms with van der Waals surface area (Å²) < 4.78 is 4.73. The van der Waals surface area contributed by atoms with Crippen LogP contribution in [0.2, 0.25) is 0 Å². The first-order valence-electron chi connectivity index (χ1n) is 8.15. The standard InChI is InChI=1S/C19H19N3O5/c23-16(11-14-7-3-1-4-8-14)20-12-18(25)27-13-17(24)21-22-19(26)15-9-5-2-6-10-15/h1-10H,11-13H2,(H,20,23)(H,21,24)(H,22,26). The molecule has 0 aliphatic carbocycles. The van der Waals surface area contributed by atoms with Crippen molar-refractivity contribution in [1.82, 2.24) is 16.2 Å². The van der Waals surface area contributed by atoms with Crippen molar-refractivity contribution in [3.8, 4) is 0 Å². The SMILES string of the molecule is O=C(Cc1ccccc1)NCC(=O)OCC(=O)NNC(=O)c1ccccc1. The van der Waals surface area contributed by atoms with E-state index in [4.69, 9.17) is 4.74 Å². The first-order valence-corrected chi connectivity index (χ1v) is 8.15. The summed E-state index contributed by atoms with van der Waals surface area (Å²) >= 11 is 0. The number of rotatable bonds is 7. The summed E-state index contributed by atoms with van der Waals surface area (Å²) in [6.45, 7) is -0.933. The zero-order valence-corrected chi connectivity index (χ0v) is 14.4. The maximum Gasteiger partial charge on any atom is 0.325 e. The average molecular weight is 369 g/mol. The molecule has 0 atom stereocenters. The fraction of sp³-hybridized carbons (Fsp3) is 0.158. The highest BCUT2D eigenvalue weighted by Crippen LogP contribution is 1.99. The van der Waals surface area contributed by atoms with Crippen LogP contribution in [0.5, 0.6) is 0 Å². The van der Waals surface area contributed by atoms with Crippen molar-refractivity contribution in [1.29, 1.82) is 0 Å². The van der Waals surface area contributed by atoms with Crippen molar-refractivity contribution in [2.45, 2.75) is 6.42 Å². The van der Waals surface area contributed by atoms with Crippen molar-refractivity contribution in [2.75, 3.05) is 13.2 Å². The molecule has 0 aromatic heterocycles. The summed E-state index contributed by atoms with van der Waals surface area (Å²) in [5, 5.41) is 2.41. The van der Waals surface area contributed by atoms with Crippen LogP contribution < -0.4 is 16.2 Å². The first-order chi connectivity index (χ1) is 13.0. The summed E-state index contributed by atoms with van der Waals surface area (Å²) in [5.41, 5.74) is 5.52. The molecule has 27 heavy (non-hydrogen) atoms. The summed E-state index contributed by atoms with van der Waals surface area (Å²) in [4.78, 5) is 46.6. The normalized spacial score (nSPS) is 9.78. The van der Waals surface area contributed by atoms with Crippen molar-refractivity contribution >= 4 is 23.7 Å². The Bertz CT molecular complexity index is 794. The Hall–Kier alpha value is -3.68. The Morgan fingerprint density at radius 1 is 0.778 bits per heavy atom. The number of ether oxygens (including phenoxy) is 1. The number of carbonyl (C=O) groups excluding carboxylic acids is 4. The molecule has 0 spiro atoms. The third-order valence-corrected chi connectivity index (χ3v) is 3.35. The molecule has 2 aromatic rings. The van der Waals surface area contributed by atoms with Crippen LogP contribution in [0.1, 0.15) is 15.9 Å². The Morgan fingerprint density at radius 3 is 2.07 bits per heavy atom. The molecule has 8 nitrogen and oxygen atoms in total. The molecule has 0 heterocycles. The molecule has 3 N–H and O–H groups in total. The van der Waals surface area contributed by atoms with E-state index in [0.717, 1.165) is 5.56 Å². The van der Waals surface area contributed by atoms with Gasteiger partial charge in [0.05, 0.1) is 6.42 Å². The van der Waals surface area contributed by atoms with E-state index in [1.807, 2.05) is 18.2 Å². The Balaban J connectivity index is 1.61. The van der Waals surface area contributed by atoms with Crippen LogP contribution in [0, 0.1) is 0 Å². The number of hydrazine groups is 1. The van der Waals surface area contributed by atoms with Gasteiger partial charge in [0.1, 0.15) is 6.54 Å². The highest BCUT2D eigenvalue weighted by atomic mass is 16.5. The van der Waals surface area contributed by atoms with Crippen LogP contribution in [0.15, 0.2) is 60.7 Å². The maximum atomic E-state index is 11.7. The summed E-state index contributed by atoms with van der Waals surface area (Å²) in [6.07, 6.45) is 0.139. The minimum atomic E-state index is -0.763. The minimum Gasteiger partial charge on any atom is -0.454 e. The van der Waals surface area contributed by atoms with Crippen LogP contribution in [0.3, 0.4) is 0 Å². The van der Waals surface area contributed by atoms with E-state index in [1.165, 1.54) is 0 Å². The van der Waals surface area contributed by atoms with Crippen molar-refractivity contribution in [2.24, 2.45) is 0 Å². The lowest BCUT2D eigenvalue weighted by molar-refractivity contribution is -0.148. The van der Waals surface area contributed by atoms with Gasteiger partial charge in [-0.05, 0) is 17.7 Å². The van der Waals surface area contributed by atoms with E-state index in [9.17, 15) is 19.2 Å². The van der Waals surface area contributed by atoms with E-state index < -0.39 is 24.4 Å². The molecule has 0 saturated carbocycles. The highest BCUT2D eigenvalue weighted by Gasteiger charge is 2.11. The monoisotopic (exact) mass is 369 g/mol. The highest BCUT2D eigenvalue weighted by molar-refractivity contribution is 5.95. The zero-order chi connectivity index (χ0) is 19.5. The van der Waals surface area contributed by atoms with E-state index in [2.05, 4.69) is 16.2 Å². The number of esters is 1. The number of carbonyl (C=O) groups is 4. The summed E-state index contributed by atoms with van der Waals surface area (Å²) in [5.74, 6) is -2.30. The zero-order valence-electron chi connectivity index (χ0n) is 14.4. The van der Waals surface area contributed by atoms with Crippen LogP contribution in [-0.2, 0) is 25.5 Å². The summed E-state index contributed by atoms with van der Waals surface area (Å²) in [7, 11) is 0. The number of hydrogen-bond donors (Lipinski definition) is 3. The lowest BCUT2D eigenvalue weighted by Crippen LogP contribution is -2.44. The smallest absolute Gasteiger partial charge is 0.325 e. The van der Waals surface area contributed by atoms with Crippen LogP contribution in [0.4, 0.5) is 0 Å². The molecule has 0 fully saturated rings. The quantitative estimate of drug-likeness (QED) is 0.481. The van der Waals surface area contributed by atoms with Crippen molar-refractivity contribution < 1.29 is 23.9 Å². The fourth-order valence-electron chi connectivity index (χ4n) is 2.04. The Labute approximate surface area is 155 Å². The lowest BCUT2D eigenvalue weighted by Gasteiger charge is -2.08. The van der Waals surface area contributed by atoms with Crippen LogP contribution >= 0.6 is 0 Å². The second-order valence-electron chi connectivity index (χ2n) is 5.47. The van der Waals surface area contributed by atoms with Crippen molar-refractivity contribution in [3.63, 3.8) is 0 Å². The van der Waals surface area contributed by atoms with Crippen molar-refractivity contribution in [3.05, 3.63) is 71.8 Å². The van der Waals surface area contributed by atoms with Gasteiger partial charge in [-0.1, -0.05) is 48.5 Å². The predicted octanol–water partition coefficient (Wildman–Crippen LogP) is 0.350. The predicted molar refractivity (Wildman–Crippen MR) is 96.2 cm³/mol. The molecule has 2 rings (SSSR count). The van der Waals surface area contributed by atoms with E-state index in [1.54, 1.807) is 42.5 Å². The van der Waals surface area contributed by atoms with E-state index in [-0.39, 0.29) is 18.9 Å². The molecule has 3 amide bonds. The third-order valence-electron chi connectivity index (χ3n) is 3.35. The summed E-state index contributed by atoms with van der Waals surface area (Å²) in [6, 6.07) is 17.4. The average Bonchev–Trinajstić information content (AvgIpc) is 2.70. The number of hydrogen-bond acceptors (Lipinski definition) is 5. The number of benzene rings is 2. The second kappa shape index (κ2) is 10.3. The van der Waals surface area contributed by atoms with Gasteiger partial charge in [0.2, 0.25) is 5.91 Å². The molecule has 0 saturated heterocycles. The second-order valence-corrected chi connectivity index (χ2v) is 5.47. The van der Waals surface area contributed by atoms with E-state index >= 15 is 0 Å². The topological polar surface area (TPSA) is 114 Å². The molecule has 140 valence electrons. The molecule has 2 aromatic carbocycles. The van der Waals surface area contributed by atoms with Crippen LogP contribution in [0.25, 0.3) is 0 Å². The van der Waals surface area contributed by atoms with Gasteiger partial charge in [-0.25, -0.2) is 0 Å². The molecule has 0 radical (unpaired) electrons. The number of amides is 3. The first kappa shape index (κ1) is 19.6. The van der Waals surface area contributed by atoms with Gasteiger partial charge in [0.25, 0.3) is 11.8 Å². The Kier molecular flexibility index (Phi) is 7.52. The lowest BCUT2D eigenvalue weighted by atomic mass is 10.1. The number of nitrogens with one attached hydrogen (secondary N) is 3. The van der Waals surface area contributed by atoms with Gasteiger partial charge < -0.3 is 10.1 Å². The third kappa shape index (κ3) is 7.39. The molecular weight excluding hydrogens is 350 g/mol.